The average molecular weight is 571 g/mol. The Morgan fingerprint density at radius 3 is 2.62 bits per heavy atom. The number of hydrogen-bond donors (Lipinski definition) is 2. The highest BCUT2D eigenvalue weighted by Crippen LogP contribution is 2.30. The van der Waals surface area contributed by atoms with Crippen LogP contribution in [0.5, 0.6) is 0 Å². The van der Waals surface area contributed by atoms with E-state index in [0.29, 0.717) is 29.4 Å². The van der Waals surface area contributed by atoms with Crippen LogP contribution in [0.25, 0.3) is 10.9 Å². The van der Waals surface area contributed by atoms with E-state index in [2.05, 4.69) is 4.98 Å². The highest BCUT2D eigenvalue weighted by molar-refractivity contribution is 7.93. The molecule has 0 bridgehead atoms. The van der Waals surface area contributed by atoms with Gasteiger partial charge in [-0.25, -0.2) is 12.8 Å². The molecule has 2 aliphatic rings. The molecule has 2 fully saturated rings. The number of benzene rings is 1. The summed E-state index contributed by atoms with van der Waals surface area (Å²) in [5.74, 6) is -2.44. The molecule has 212 valence electrons. The van der Waals surface area contributed by atoms with Crippen LogP contribution in [0.1, 0.15) is 51.4 Å². The number of sulfone groups is 1. The van der Waals surface area contributed by atoms with E-state index in [1.807, 2.05) is 19.1 Å². The van der Waals surface area contributed by atoms with E-state index in [1.165, 1.54) is 33.9 Å². The number of aromatic nitrogens is 2. The lowest BCUT2D eigenvalue weighted by atomic mass is 10.0. The van der Waals surface area contributed by atoms with E-state index >= 15 is 0 Å². The number of nitrogens with two attached hydrogens (primary N) is 1. The Balaban J connectivity index is 1.37. The van der Waals surface area contributed by atoms with Gasteiger partial charge in [0.1, 0.15) is 18.5 Å². The zero-order valence-corrected chi connectivity index (χ0v) is 22.8. The molecule has 1 aliphatic heterocycles. The number of aryl methyl sites for hydroxylation is 1. The highest BCUT2D eigenvalue weighted by atomic mass is 32.2. The van der Waals surface area contributed by atoms with Crippen LogP contribution in [-0.2, 0) is 27.6 Å². The van der Waals surface area contributed by atoms with Crippen LogP contribution in [0.2, 0.25) is 0 Å². The van der Waals surface area contributed by atoms with Gasteiger partial charge in [-0.3, -0.25) is 19.4 Å². The van der Waals surface area contributed by atoms with Crippen molar-refractivity contribution in [3.8, 4) is 0 Å². The number of alkyl halides is 1. The zero-order valence-electron chi connectivity index (χ0n) is 22.0. The Morgan fingerprint density at radius 1 is 1.20 bits per heavy atom. The molecule has 1 aromatic carbocycles. The van der Waals surface area contributed by atoms with E-state index in [-0.39, 0.29) is 37.1 Å². The van der Waals surface area contributed by atoms with Gasteiger partial charge in [0, 0.05) is 46.9 Å². The number of fused-ring (bicyclic) bond motifs is 1. The third kappa shape index (κ3) is 5.78. The third-order valence-corrected chi connectivity index (χ3v) is 9.71. The van der Waals surface area contributed by atoms with Gasteiger partial charge in [0.25, 0.3) is 5.91 Å². The summed E-state index contributed by atoms with van der Waals surface area (Å²) in [6, 6.07) is 9.06. The summed E-state index contributed by atoms with van der Waals surface area (Å²) < 4.78 is 40.6. The predicted octanol–water partition coefficient (Wildman–Crippen LogP) is 1.75. The number of hydrogen-bond acceptors (Lipinski definition) is 7. The van der Waals surface area contributed by atoms with Crippen molar-refractivity contribution in [2.24, 2.45) is 5.73 Å². The molecular weight excluding hydrogens is 539 g/mol. The Morgan fingerprint density at radius 2 is 1.95 bits per heavy atom. The molecule has 2 aromatic heterocycles. The summed E-state index contributed by atoms with van der Waals surface area (Å²) in [6.45, 7) is 1.40. The standard InChI is InChI=1S/C28H31FN4O6S/c1-16-3-2-4-19(31-16)11-25(34)24-10-18(29)12-33(24)27(36)14-32-13-22(28(30)37)21-9-17(5-8-23(21)32)26(35)15-40(38,39)20-6-7-20/h2-5,8-9,13,18,20,24-25,34H,6-7,10-12,14-15H2,1H3,(H2,30,37)/t18-,24+,25?/m1/s1. The molecule has 5 rings (SSSR count). The van der Waals surface area contributed by atoms with Crippen LogP contribution in [0.15, 0.2) is 42.6 Å². The summed E-state index contributed by atoms with van der Waals surface area (Å²) in [5.41, 5.74) is 7.61. The number of ketones is 1. The molecule has 12 heteroatoms. The number of amides is 2. The van der Waals surface area contributed by atoms with Crippen molar-refractivity contribution in [3.63, 3.8) is 0 Å². The largest absolute Gasteiger partial charge is 0.391 e. The molecule has 10 nitrogen and oxygen atoms in total. The van der Waals surface area contributed by atoms with Gasteiger partial charge < -0.3 is 20.3 Å². The molecular formula is C28H31FN4O6S. The fraction of sp³-hybridized carbons (Fsp3) is 0.429. The van der Waals surface area contributed by atoms with Crippen molar-refractivity contribution in [1.29, 1.82) is 0 Å². The lowest BCUT2D eigenvalue weighted by Crippen LogP contribution is -2.45. The van der Waals surface area contributed by atoms with Gasteiger partial charge in [0.05, 0.1) is 29.5 Å². The summed E-state index contributed by atoms with van der Waals surface area (Å²) in [5, 5.41) is 10.7. The lowest BCUT2D eigenvalue weighted by molar-refractivity contribution is -0.134. The smallest absolute Gasteiger partial charge is 0.250 e. The van der Waals surface area contributed by atoms with E-state index in [0.717, 1.165) is 5.69 Å². The fourth-order valence-corrected chi connectivity index (χ4v) is 7.00. The number of carbonyl (C=O) groups excluding carboxylic acids is 3. The summed E-state index contributed by atoms with van der Waals surface area (Å²) in [6.07, 6.45) is 0.336. The van der Waals surface area contributed by atoms with Gasteiger partial charge in [0.2, 0.25) is 5.91 Å². The maximum absolute atomic E-state index is 14.5. The van der Waals surface area contributed by atoms with Crippen LogP contribution >= 0.6 is 0 Å². The second-order valence-electron chi connectivity index (χ2n) is 10.7. The molecule has 0 spiro atoms. The first kappa shape index (κ1) is 27.9. The molecule has 1 saturated carbocycles. The minimum absolute atomic E-state index is 0.00702. The van der Waals surface area contributed by atoms with Gasteiger partial charge in [-0.15, -0.1) is 0 Å². The number of Topliss-reactive ketones (excluding diaryl/α,β-unsaturated/α-hetero) is 1. The quantitative estimate of drug-likeness (QED) is 0.352. The maximum Gasteiger partial charge on any atom is 0.250 e. The number of aliphatic hydroxyl groups excluding tert-OH is 1. The highest BCUT2D eigenvalue weighted by Gasteiger charge is 2.40. The minimum Gasteiger partial charge on any atom is -0.391 e. The average Bonchev–Trinajstić information content (AvgIpc) is 3.60. The summed E-state index contributed by atoms with van der Waals surface area (Å²) in [7, 11) is -3.53. The summed E-state index contributed by atoms with van der Waals surface area (Å²) >= 11 is 0. The fourth-order valence-electron chi connectivity index (χ4n) is 5.37. The predicted molar refractivity (Wildman–Crippen MR) is 145 cm³/mol. The van der Waals surface area contributed by atoms with Crippen molar-refractivity contribution in [2.45, 2.75) is 62.7 Å². The molecule has 1 saturated heterocycles. The maximum atomic E-state index is 14.5. The number of likely N-dealkylation sites (tertiary alicyclic amines) is 1. The molecule has 3 atom stereocenters. The van der Waals surface area contributed by atoms with Gasteiger partial charge in [-0.05, 0) is 50.1 Å². The molecule has 3 N–H and O–H groups in total. The second-order valence-corrected chi connectivity index (χ2v) is 13.0. The van der Waals surface area contributed by atoms with Gasteiger partial charge in [-0.1, -0.05) is 6.07 Å². The number of carbonyl (C=O) groups is 3. The lowest BCUT2D eigenvalue weighted by Gasteiger charge is -2.28. The summed E-state index contributed by atoms with van der Waals surface area (Å²) in [4.78, 5) is 44.0. The molecule has 0 radical (unpaired) electrons. The number of pyridine rings is 1. The Hall–Kier alpha value is -3.64. The van der Waals surface area contributed by atoms with Gasteiger partial charge >= 0.3 is 0 Å². The van der Waals surface area contributed by atoms with Crippen molar-refractivity contribution < 1.29 is 32.3 Å². The SMILES string of the molecule is Cc1cccc(CC(O)[C@@H]2C[C@@H](F)CN2C(=O)Cn2cc(C(N)=O)c3cc(C(=O)CS(=O)(=O)C4CC4)ccc32)n1. The van der Waals surface area contributed by atoms with Crippen molar-refractivity contribution in [1.82, 2.24) is 14.5 Å². The zero-order chi connectivity index (χ0) is 28.8. The number of halogens is 1. The monoisotopic (exact) mass is 570 g/mol. The van der Waals surface area contributed by atoms with E-state index < -0.39 is 56.8 Å². The molecule has 1 unspecified atom stereocenters. The third-order valence-electron chi connectivity index (χ3n) is 7.56. The first-order valence-electron chi connectivity index (χ1n) is 13.1. The molecule has 40 heavy (non-hydrogen) atoms. The molecule has 1 aliphatic carbocycles. The second kappa shape index (κ2) is 10.7. The van der Waals surface area contributed by atoms with Crippen LogP contribution < -0.4 is 5.73 Å². The van der Waals surface area contributed by atoms with E-state index in [9.17, 15) is 32.3 Å². The number of nitrogens with zero attached hydrogens (tertiary/aromatic N) is 3. The molecule has 3 aromatic rings. The first-order chi connectivity index (χ1) is 18.9. The van der Waals surface area contributed by atoms with Crippen LogP contribution in [-0.4, -0.2) is 81.4 Å². The first-order valence-corrected chi connectivity index (χ1v) is 14.9. The number of primary amides is 1. The normalized spacial score (nSPS) is 20.1. The number of rotatable bonds is 10. The van der Waals surface area contributed by atoms with Crippen molar-refractivity contribution in [3.05, 3.63) is 65.1 Å². The molecule has 3 heterocycles. The Labute approximate surface area is 230 Å². The van der Waals surface area contributed by atoms with Crippen LogP contribution in [0, 0.1) is 6.92 Å². The molecule has 2 amide bonds. The minimum atomic E-state index is -3.53. The van der Waals surface area contributed by atoms with Crippen LogP contribution in [0.3, 0.4) is 0 Å². The van der Waals surface area contributed by atoms with E-state index in [4.69, 9.17) is 5.73 Å². The van der Waals surface area contributed by atoms with Gasteiger partial charge in [-0.2, -0.15) is 0 Å². The topological polar surface area (TPSA) is 153 Å². The Kier molecular flexibility index (Phi) is 7.49. The van der Waals surface area contributed by atoms with Crippen LogP contribution in [0.4, 0.5) is 4.39 Å². The Bertz CT molecular complexity index is 1600. The van der Waals surface area contributed by atoms with Crippen molar-refractivity contribution >= 4 is 38.3 Å². The van der Waals surface area contributed by atoms with Crippen molar-refractivity contribution in [2.75, 3.05) is 12.3 Å². The van der Waals surface area contributed by atoms with E-state index in [1.54, 1.807) is 6.07 Å². The number of aliphatic hydroxyl groups is 1. The van der Waals surface area contributed by atoms with Gasteiger partial charge in [0.15, 0.2) is 15.6 Å².